The molecule has 0 fully saturated rings. The Morgan fingerprint density at radius 2 is 1.62 bits per heavy atom. The number of nitrogens with zero attached hydrogens (tertiary/aromatic N) is 3. The maximum Gasteiger partial charge on any atom is 0.338 e. The van der Waals surface area contributed by atoms with Crippen LogP contribution in [0.2, 0.25) is 0 Å². The van der Waals surface area contributed by atoms with Crippen molar-refractivity contribution in [2.45, 2.75) is 26.3 Å². The molecule has 0 aliphatic heterocycles. The summed E-state index contributed by atoms with van der Waals surface area (Å²) in [5, 5.41) is 18.0. The van der Waals surface area contributed by atoms with Crippen molar-refractivity contribution in [2.24, 2.45) is 7.05 Å². The van der Waals surface area contributed by atoms with E-state index in [0.29, 0.717) is 13.7 Å². The molecule has 0 saturated heterocycles. The average Bonchev–Trinajstić information content (AvgIpc) is 2.22. The minimum absolute atomic E-state index is 0.230. The highest BCUT2D eigenvalue weighted by Gasteiger charge is 2.13. The van der Waals surface area contributed by atoms with Gasteiger partial charge in [0.1, 0.15) is 6.73 Å². The van der Waals surface area contributed by atoms with Crippen LogP contribution in [0.15, 0.2) is 14.4 Å². The van der Waals surface area contributed by atoms with Gasteiger partial charge in [-0.2, -0.15) is 0 Å². The Morgan fingerprint density at radius 1 is 1.12 bits per heavy atom. The largest absolute Gasteiger partial charge is 0.392 e. The Balaban J connectivity index is 3.63. The van der Waals surface area contributed by atoms with Gasteiger partial charge in [-0.25, -0.2) is 28.1 Å². The van der Waals surface area contributed by atoms with Gasteiger partial charge in [-0.15, -0.1) is 0 Å². The maximum absolute atomic E-state index is 11.6. The van der Waals surface area contributed by atoms with E-state index < -0.39 is 29.9 Å². The molecular weight excluding hydrogens is 218 g/mol. The van der Waals surface area contributed by atoms with Gasteiger partial charge in [0.25, 0.3) is 0 Å². The molecule has 0 aliphatic rings. The van der Waals surface area contributed by atoms with Crippen molar-refractivity contribution in [3.8, 4) is 0 Å². The smallest absolute Gasteiger partial charge is 0.338 e. The zero-order valence-corrected chi connectivity index (χ0v) is 8.95. The molecule has 0 aromatic carbocycles. The number of hydrogen-bond donors (Lipinski definition) is 2. The lowest BCUT2D eigenvalue weighted by Gasteiger charge is -2.10. The lowest BCUT2D eigenvalue weighted by molar-refractivity contribution is 0.157. The summed E-state index contributed by atoms with van der Waals surface area (Å²) in [6.07, 6.45) is -0.907. The first kappa shape index (κ1) is 12.4. The van der Waals surface area contributed by atoms with Gasteiger partial charge in [-0.3, -0.25) is 0 Å². The summed E-state index contributed by atoms with van der Waals surface area (Å²) in [4.78, 5) is 34.5. The van der Waals surface area contributed by atoms with Crippen LogP contribution >= 0.6 is 0 Å². The number of aliphatic hydroxyl groups is 2. The van der Waals surface area contributed by atoms with E-state index >= 15 is 0 Å². The molecule has 8 nitrogen and oxygen atoms in total. The highest BCUT2D eigenvalue weighted by Crippen LogP contribution is 1.81. The molecule has 16 heavy (non-hydrogen) atoms. The minimum atomic E-state index is -0.934. The van der Waals surface area contributed by atoms with E-state index in [1.807, 2.05) is 0 Å². The van der Waals surface area contributed by atoms with Crippen molar-refractivity contribution >= 4 is 0 Å². The van der Waals surface area contributed by atoms with Crippen LogP contribution in [0.5, 0.6) is 0 Å². The molecule has 2 N–H and O–H groups in total. The third-order valence-corrected chi connectivity index (χ3v) is 2.09. The fourth-order valence-corrected chi connectivity index (χ4v) is 1.29. The third-order valence-electron chi connectivity index (χ3n) is 2.09. The van der Waals surface area contributed by atoms with E-state index in [9.17, 15) is 14.4 Å². The molecule has 0 spiro atoms. The summed E-state index contributed by atoms with van der Waals surface area (Å²) in [5.41, 5.74) is -2.64. The molecule has 8 heteroatoms. The Morgan fingerprint density at radius 3 is 2.06 bits per heavy atom. The normalized spacial score (nSPS) is 12.8. The molecule has 1 rings (SSSR count). The quantitative estimate of drug-likeness (QED) is 0.578. The van der Waals surface area contributed by atoms with Crippen LogP contribution in [0.25, 0.3) is 0 Å². The van der Waals surface area contributed by atoms with E-state index in [1.54, 1.807) is 0 Å². The van der Waals surface area contributed by atoms with Crippen LogP contribution in [0, 0.1) is 0 Å². The van der Waals surface area contributed by atoms with Crippen LogP contribution in [-0.2, 0) is 20.3 Å². The van der Waals surface area contributed by atoms with Crippen molar-refractivity contribution in [1.82, 2.24) is 13.7 Å². The molecule has 90 valence electrons. The Labute approximate surface area is 89.6 Å². The molecule has 1 aromatic rings. The molecular formula is C8H13N3O5. The highest BCUT2D eigenvalue weighted by atomic mass is 16.3. The van der Waals surface area contributed by atoms with E-state index in [2.05, 4.69) is 0 Å². The second-order valence-electron chi connectivity index (χ2n) is 3.44. The van der Waals surface area contributed by atoms with Crippen molar-refractivity contribution < 1.29 is 10.2 Å². The Bertz CT molecular complexity index is 550. The first-order valence-corrected chi connectivity index (χ1v) is 4.59. The van der Waals surface area contributed by atoms with Gasteiger partial charge in [-0.1, -0.05) is 0 Å². The zero-order valence-electron chi connectivity index (χ0n) is 8.95. The number of rotatable bonds is 3. The predicted octanol–water partition coefficient (Wildman–Crippen LogP) is -2.96. The lowest BCUT2D eigenvalue weighted by Crippen LogP contribution is -2.54. The fourth-order valence-electron chi connectivity index (χ4n) is 1.29. The van der Waals surface area contributed by atoms with E-state index in [4.69, 9.17) is 10.2 Å². The van der Waals surface area contributed by atoms with Gasteiger partial charge >= 0.3 is 17.1 Å². The number of aliphatic hydroxyl groups excluding tert-OH is 2. The van der Waals surface area contributed by atoms with E-state index in [1.165, 1.54) is 14.0 Å². The number of hydrogen-bond acceptors (Lipinski definition) is 5. The highest BCUT2D eigenvalue weighted by molar-refractivity contribution is 4.77. The standard InChI is InChI=1S/C8H13N3O5/c1-5(13)3-10-6(14)9(2)7(15)11(4-12)8(10)16/h5,12-13H,3-4H2,1-2H3. The van der Waals surface area contributed by atoms with Gasteiger partial charge in [0, 0.05) is 7.05 Å². The predicted molar refractivity (Wildman–Crippen MR) is 54.1 cm³/mol. The molecule has 0 saturated carbocycles. The summed E-state index contributed by atoms with van der Waals surface area (Å²) in [7, 11) is 1.19. The first-order chi connectivity index (χ1) is 7.40. The first-order valence-electron chi connectivity index (χ1n) is 4.59. The topological polar surface area (TPSA) is 106 Å². The van der Waals surface area contributed by atoms with Crippen LogP contribution in [-0.4, -0.2) is 30.0 Å². The van der Waals surface area contributed by atoms with Crippen molar-refractivity contribution in [1.29, 1.82) is 0 Å². The Kier molecular flexibility index (Phi) is 3.45. The second-order valence-corrected chi connectivity index (χ2v) is 3.44. The summed E-state index contributed by atoms with van der Waals surface area (Å²) in [5.74, 6) is 0. The minimum Gasteiger partial charge on any atom is -0.392 e. The number of aromatic nitrogens is 3. The van der Waals surface area contributed by atoms with Gasteiger partial charge in [0.2, 0.25) is 0 Å². The zero-order chi connectivity index (χ0) is 12.5. The van der Waals surface area contributed by atoms with Crippen molar-refractivity contribution in [3.05, 3.63) is 31.5 Å². The molecule has 0 radical (unpaired) electrons. The van der Waals surface area contributed by atoms with Gasteiger partial charge in [0.05, 0.1) is 12.6 Å². The molecule has 1 atom stereocenters. The summed E-state index contributed by atoms with van der Waals surface area (Å²) >= 11 is 0. The molecule has 0 bridgehead atoms. The van der Waals surface area contributed by atoms with Gasteiger partial charge in [-0.05, 0) is 6.92 Å². The van der Waals surface area contributed by atoms with Gasteiger partial charge < -0.3 is 10.2 Å². The maximum atomic E-state index is 11.6. The monoisotopic (exact) mass is 231 g/mol. The lowest BCUT2D eigenvalue weighted by atomic mass is 10.4. The van der Waals surface area contributed by atoms with Crippen LogP contribution < -0.4 is 17.1 Å². The SMILES string of the molecule is CC(O)Cn1c(=O)n(C)c(=O)n(CO)c1=O. The second kappa shape index (κ2) is 4.45. The van der Waals surface area contributed by atoms with Crippen LogP contribution in [0.1, 0.15) is 6.92 Å². The van der Waals surface area contributed by atoms with Crippen LogP contribution in [0.4, 0.5) is 0 Å². The van der Waals surface area contributed by atoms with Crippen molar-refractivity contribution in [2.75, 3.05) is 0 Å². The third kappa shape index (κ3) is 1.97. The van der Waals surface area contributed by atoms with E-state index in [0.717, 1.165) is 0 Å². The summed E-state index contributed by atoms with van der Waals surface area (Å²) in [6.45, 7) is 0.359. The summed E-state index contributed by atoms with van der Waals surface area (Å²) < 4.78 is 1.89. The molecule has 1 aromatic heterocycles. The summed E-state index contributed by atoms with van der Waals surface area (Å²) in [6, 6.07) is 0. The molecule has 1 unspecified atom stereocenters. The molecule has 0 amide bonds. The van der Waals surface area contributed by atoms with Gasteiger partial charge in [0.15, 0.2) is 0 Å². The van der Waals surface area contributed by atoms with Crippen LogP contribution in [0.3, 0.4) is 0 Å². The molecule has 1 heterocycles. The fraction of sp³-hybridized carbons (Fsp3) is 0.625. The van der Waals surface area contributed by atoms with Crippen molar-refractivity contribution in [3.63, 3.8) is 0 Å². The van der Waals surface area contributed by atoms with E-state index in [-0.39, 0.29) is 6.54 Å². The average molecular weight is 231 g/mol. The Hall–Kier alpha value is -1.67. The molecule has 0 aliphatic carbocycles.